The number of nitrogens with one attached hydrogen (secondary N) is 1. The standard InChI is InChI=1S/C20H26N2O5/c23-18(22(10-7-19(24)25)16-8-11-27-12-9-16)6-5-15-13-14-3-1-2-4-17(14)21-20(15)26/h1-4,15-16H,5-13H2,(H,21,26)(H,24,25)/t15-/m1/s1. The molecule has 0 saturated carbocycles. The van der Waals surface area contributed by atoms with Crippen LogP contribution in [0.1, 0.15) is 37.7 Å². The summed E-state index contributed by atoms with van der Waals surface area (Å²) >= 11 is 0. The number of anilines is 1. The third-order valence-corrected chi connectivity index (χ3v) is 5.34. The molecule has 0 unspecified atom stereocenters. The first-order chi connectivity index (χ1) is 13.0. The molecule has 146 valence electrons. The van der Waals surface area contributed by atoms with Crippen molar-refractivity contribution in [1.82, 2.24) is 4.90 Å². The highest BCUT2D eigenvalue weighted by Gasteiger charge is 2.29. The number of carbonyl (C=O) groups is 3. The fourth-order valence-corrected chi connectivity index (χ4v) is 3.81. The Morgan fingerprint density at radius 1 is 1.19 bits per heavy atom. The van der Waals surface area contributed by atoms with Crippen molar-refractivity contribution in [2.24, 2.45) is 5.92 Å². The van der Waals surface area contributed by atoms with Gasteiger partial charge in [-0.1, -0.05) is 18.2 Å². The molecule has 2 aliphatic rings. The topological polar surface area (TPSA) is 95.9 Å². The minimum Gasteiger partial charge on any atom is -0.481 e. The van der Waals surface area contributed by atoms with Crippen molar-refractivity contribution in [1.29, 1.82) is 0 Å². The number of hydrogen-bond acceptors (Lipinski definition) is 4. The highest BCUT2D eigenvalue weighted by Crippen LogP contribution is 2.28. The Morgan fingerprint density at radius 2 is 1.93 bits per heavy atom. The Labute approximate surface area is 158 Å². The molecule has 1 aromatic carbocycles. The molecule has 7 nitrogen and oxygen atoms in total. The Morgan fingerprint density at radius 3 is 2.67 bits per heavy atom. The molecule has 0 radical (unpaired) electrons. The number of carboxylic acids is 1. The molecular weight excluding hydrogens is 348 g/mol. The lowest BCUT2D eigenvalue weighted by Crippen LogP contribution is -2.44. The molecule has 0 aromatic heterocycles. The summed E-state index contributed by atoms with van der Waals surface area (Å²) in [5, 5.41) is 11.9. The zero-order chi connectivity index (χ0) is 19.2. The third kappa shape index (κ3) is 5.07. The maximum absolute atomic E-state index is 12.8. The Bertz CT molecular complexity index is 699. The number of aliphatic carboxylic acids is 1. The largest absolute Gasteiger partial charge is 0.481 e. The number of para-hydroxylation sites is 1. The molecule has 1 saturated heterocycles. The number of nitrogens with zero attached hydrogens (tertiary/aromatic N) is 1. The van der Waals surface area contributed by atoms with Crippen molar-refractivity contribution in [3.8, 4) is 0 Å². The van der Waals surface area contributed by atoms with Gasteiger partial charge in [-0.3, -0.25) is 14.4 Å². The van der Waals surface area contributed by atoms with E-state index in [0.29, 0.717) is 26.1 Å². The van der Waals surface area contributed by atoms with E-state index < -0.39 is 5.97 Å². The number of fused-ring (bicyclic) bond motifs is 1. The van der Waals surface area contributed by atoms with Gasteiger partial charge in [0.25, 0.3) is 0 Å². The van der Waals surface area contributed by atoms with Crippen molar-refractivity contribution >= 4 is 23.5 Å². The third-order valence-electron chi connectivity index (χ3n) is 5.34. The first kappa shape index (κ1) is 19.4. The predicted molar refractivity (Wildman–Crippen MR) is 99.3 cm³/mol. The monoisotopic (exact) mass is 374 g/mol. The smallest absolute Gasteiger partial charge is 0.305 e. The van der Waals surface area contributed by atoms with Crippen LogP contribution < -0.4 is 5.32 Å². The fraction of sp³-hybridized carbons (Fsp3) is 0.550. The van der Waals surface area contributed by atoms with E-state index >= 15 is 0 Å². The number of rotatable bonds is 7. The molecular formula is C20H26N2O5. The molecule has 0 bridgehead atoms. The van der Waals surface area contributed by atoms with Crippen LogP contribution in [0.3, 0.4) is 0 Å². The average molecular weight is 374 g/mol. The lowest BCUT2D eigenvalue weighted by molar-refractivity contribution is -0.140. The van der Waals surface area contributed by atoms with Crippen molar-refractivity contribution in [2.45, 2.75) is 44.6 Å². The van der Waals surface area contributed by atoms with Gasteiger partial charge in [-0.25, -0.2) is 0 Å². The van der Waals surface area contributed by atoms with E-state index in [2.05, 4.69) is 5.32 Å². The van der Waals surface area contributed by atoms with Crippen molar-refractivity contribution in [3.63, 3.8) is 0 Å². The van der Waals surface area contributed by atoms with Gasteiger partial charge >= 0.3 is 5.97 Å². The molecule has 2 N–H and O–H groups in total. The number of carboxylic acid groups (broad SMARTS) is 1. The molecule has 1 fully saturated rings. The van der Waals surface area contributed by atoms with Crippen LogP contribution in [0.4, 0.5) is 5.69 Å². The molecule has 2 aliphatic heterocycles. The van der Waals surface area contributed by atoms with Crippen molar-refractivity contribution in [2.75, 3.05) is 25.1 Å². The maximum atomic E-state index is 12.8. The van der Waals surface area contributed by atoms with E-state index in [9.17, 15) is 14.4 Å². The van der Waals surface area contributed by atoms with E-state index in [1.807, 2.05) is 24.3 Å². The summed E-state index contributed by atoms with van der Waals surface area (Å²) in [6.07, 6.45) is 2.72. The Kier molecular flexibility index (Phi) is 6.45. The highest BCUT2D eigenvalue weighted by atomic mass is 16.5. The van der Waals surface area contributed by atoms with Crippen LogP contribution in [-0.2, 0) is 25.5 Å². The van der Waals surface area contributed by atoms with Gasteiger partial charge in [-0.2, -0.15) is 0 Å². The molecule has 0 aliphatic carbocycles. The maximum Gasteiger partial charge on any atom is 0.305 e. The summed E-state index contributed by atoms with van der Waals surface area (Å²) in [7, 11) is 0. The van der Waals surface area contributed by atoms with E-state index in [1.165, 1.54) is 0 Å². The van der Waals surface area contributed by atoms with E-state index in [1.54, 1.807) is 4.90 Å². The molecule has 3 rings (SSSR count). The van der Waals surface area contributed by atoms with Crippen LogP contribution in [0.15, 0.2) is 24.3 Å². The summed E-state index contributed by atoms with van der Waals surface area (Å²) in [5.74, 6) is -1.28. The quantitative estimate of drug-likeness (QED) is 0.762. The number of benzene rings is 1. The van der Waals surface area contributed by atoms with Crippen molar-refractivity contribution in [3.05, 3.63) is 29.8 Å². The molecule has 1 atom stereocenters. The number of amides is 2. The SMILES string of the molecule is O=C(O)CCN(C(=O)CC[C@@H]1Cc2ccccc2NC1=O)C1CCOCC1. The first-order valence-electron chi connectivity index (χ1n) is 9.52. The lowest BCUT2D eigenvalue weighted by atomic mass is 9.89. The second-order valence-corrected chi connectivity index (χ2v) is 7.16. The molecule has 7 heteroatoms. The van der Waals surface area contributed by atoms with Gasteiger partial charge in [0.05, 0.1) is 6.42 Å². The van der Waals surface area contributed by atoms with Gasteiger partial charge in [-0.15, -0.1) is 0 Å². The summed E-state index contributed by atoms with van der Waals surface area (Å²) in [6, 6.07) is 7.72. The molecule has 27 heavy (non-hydrogen) atoms. The van der Waals surface area contributed by atoms with Gasteiger partial charge in [0.1, 0.15) is 0 Å². The molecule has 2 heterocycles. The van der Waals surface area contributed by atoms with Gasteiger partial charge in [0.15, 0.2) is 0 Å². The minimum atomic E-state index is -0.914. The zero-order valence-corrected chi connectivity index (χ0v) is 15.4. The molecule has 1 aromatic rings. The van der Waals surface area contributed by atoms with Gasteiger partial charge in [-0.05, 0) is 37.3 Å². The Balaban J connectivity index is 1.59. The number of carbonyl (C=O) groups excluding carboxylic acids is 2. The van der Waals surface area contributed by atoms with Crippen molar-refractivity contribution < 1.29 is 24.2 Å². The minimum absolute atomic E-state index is 0.0199. The molecule has 2 amide bonds. The summed E-state index contributed by atoms with van der Waals surface area (Å²) < 4.78 is 5.35. The Hall–Kier alpha value is -2.41. The number of hydrogen-bond donors (Lipinski definition) is 2. The normalized spacial score (nSPS) is 19.9. The fourth-order valence-electron chi connectivity index (χ4n) is 3.81. The first-order valence-corrected chi connectivity index (χ1v) is 9.52. The highest BCUT2D eigenvalue weighted by molar-refractivity contribution is 5.96. The zero-order valence-electron chi connectivity index (χ0n) is 15.4. The van der Waals surface area contributed by atoms with Crippen LogP contribution in [-0.4, -0.2) is 53.6 Å². The van der Waals surface area contributed by atoms with Crippen LogP contribution in [0.25, 0.3) is 0 Å². The van der Waals surface area contributed by atoms with Gasteiger partial charge in [0.2, 0.25) is 11.8 Å². The summed E-state index contributed by atoms with van der Waals surface area (Å²) in [6.45, 7) is 1.38. The summed E-state index contributed by atoms with van der Waals surface area (Å²) in [4.78, 5) is 37.8. The average Bonchev–Trinajstić information content (AvgIpc) is 2.67. The second-order valence-electron chi connectivity index (χ2n) is 7.16. The lowest BCUT2D eigenvalue weighted by Gasteiger charge is -2.34. The van der Waals surface area contributed by atoms with Crippen LogP contribution in [0.2, 0.25) is 0 Å². The van der Waals surface area contributed by atoms with E-state index in [4.69, 9.17) is 9.84 Å². The van der Waals surface area contributed by atoms with Gasteiger partial charge < -0.3 is 20.1 Å². The summed E-state index contributed by atoms with van der Waals surface area (Å²) in [5.41, 5.74) is 1.93. The van der Waals surface area contributed by atoms with Crippen LogP contribution in [0, 0.1) is 5.92 Å². The van der Waals surface area contributed by atoms with Gasteiger partial charge in [0, 0.05) is 43.8 Å². The van der Waals surface area contributed by atoms with Crippen LogP contribution >= 0.6 is 0 Å². The predicted octanol–water partition coefficient (Wildman–Crippen LogP) is 2.06. The van der Waals surface area contributed by atoms with E-state index in [-0.39, 0.29) is 43.2 Å². The second kappa shape index (κ2) is 8.99. The van der Waals surface area contributed by atoms with E-state index in [0.717, 1.165) is 24.1 Å². The number of ether oxygens (including phenoxy) is 1. The van der Waals surface area contributed by atoms with Crippen LogP contribution in [0.5, 0.6) is 0 Å². The molecule has 0 spiro atoms.